The van der Waals surface area contributed by atoms with E-state index in [2.05, 4.69) is 4.98 Å². The first-order valence-electron chi connectivity index (χ1n) is 4.97. The zero-order valence-electron chi connectivity index (χ0n) is 9.73. The number of rotatable bonds is 3. The van der Waals surface area contributed by atoms with E-state index >= 15 is 0 Å². The van der Waals surface area contributed by atoms with E-state index in [4.69, 9.17) is 0 Å². The van der Waals surface area contributed by atoms with Crippen LogP contribution in [0.3, 0.4) is 0 Å². The summed E-state index contributed by atoms with van der Waals surface area (Å²) in [5, 5.41) is 1.22. The van der Waals surface area contributed by atoms with Crippen molar-refractivity contribution in [2.75, 3.05) is 5.32 Å². The maximum atomic E-state index is 13.0. The van der Waals surface area contributed by atoms with Gasteiger partial charge >= 0.3 is 23.9 Å². The van der Waals surface area contributed by atoms with Gasteiger partial charge in [0.1, 0.15) is 5.82 Å². The maximum absolute atomic E-state index is 13.0. The van der Waals surface area contributed by atoms with Crippen LogP contribution in [0.15, 0.2) is 18.2 Å². The standard InChI is InChI=1S/C10H7F7N2O/c1-5-3-2-4-6(18-5)19-7(20)8(11,12)9(13,14)10(15,16)17/h2-4H,1H3,(H,18,19,20). The second-order valence-corrected chi connectivity index (χ2v) is 3.76. The number of carbonyl (C=O) groups is 1. The number of aryl methyl sites for hydroxylation is 1. The first kappa shape index (κ1) is 16.2. The highest BCUT2D eigenvalue weighted by Gasteiger charge is 2.76. The number of alkyl halides is 7. The fourth-order valence-corrected chi connectivity index (χ4v) is 1.13. The Morgan fingerprint density at radius 1 is 1.10 bits per heavy atom. The van der Waals surface area contributed by atoms with Crippen molar-refractivity contribution in [3.8, 4) is 0 Å². The van der Waals surface area contributed by atoms with E-state index in [-0.39, 0.29) is 5.69 Å². The third-order valence-corrected chi connectivity index (χ3v) is 2.17. The Labute approximate surface area is 107 Å². The quantitative estimate of drug-likeness (QED) is 0.872. The fraction of sp³-hybridized carbons (Fsp3) is 0.400. The van der Waals surface area contributed by atoms with Gasteiger partial charge in [-0.2, -0.15) is 30.7 Å². The summed E-state index contributed by atoms with van der Waals surface area (Å²) in [7, 11) is 0. The number of hydrogen-bond donors (Lipinski definition) is 1. The lowest BCUT2D eigenvalue weighted by Crippen LogP contribution is -2.57. The number of halogens is 7. The number of amides is 1. The number of carbonyl (C=O) groups excluding carboxylic acids is 1. The summed E-state index contributed by atoms with van der Waals surface area (Å²) in [6.45, 7) is 1.40. The van der Waals surface area contributed by atoms with Crippen LogP contribution in [0.4, 0.5) is 36.6 Å². The molecule has 0 saturated carbocycles. The van der Waals surface area contributed by atoms with Crippen LogP contribution in [0, 0.1) is 6.92 Å². The van der Waals surface area contributed by atoms with Crippen LogP contribution in [0.25, 0.3) is 0 Å². The van der Waals surface area contributed by atoms with Gasteiger partial charge in [0.25, 0.3) is 0 Å². The van der Waals surface area contributed by atoms with Gasteiger partial charge in [0.2, 0.25) is 0 Å². The zero-order valence-corrected chi connectivity index (χ0v) is 9.73. The Hall–Kier alpha value is -1.87. The fourth-order valence-electron chi connectivity index (χ4n) is 1.13. The van der Waals surface area contributed by atoms with E-state index < -0.39 is 29.7 Å². The highest BCUT2D eigenvalue weighted by atomic mass is 19.4. The van der Waals surface area contributed by atoms with E-state index in [0.717, 1.165) is 6.07 Å². The molecule has 3 nitrogen and oxygen atoms in total. The largest absolute Gasteiger partial charge is 0.460 e. The number of anilines is 1. The van der Waals surface area contributed by atoms with Gasteiger partial charge in [-0.05, 0) is 19.1 Å². The number of aromatic nitrogens is 1. The molecule has 0 aromatic carbocycles. The molecule has 0 saturated heterocycles. The Balaban J connectivity index is 3.01. The SMILES string of the molecule is Cc1cccc(NC(=O)C(F)(F)C(F)(F)C(F)(F)F)n1. The summed E-state index contributed by atoms with van der Waals surface area (Å²) in [6, 6.07) is 3.61. The van der Waals surface area contributed by atoms with E-state index in [1.165, 1.54) is 24.4 Å². The molecule has 1 rings (SSSR count). The minimum atomic E-state index is -6.56. The van der Waals surface area contributed by atoms with Crippen molar-refractivity contribution in [1.82, 2.24) is 4.98 Å². The van der Waals surface area contributed by atoms with Gasteiger partial charge in [-0.3, -0.25) is 4.79 Å². The number of nitrogens with one attached hydrogen (secondary N) is 1. The topological polar surface area (TPSA) is 42.0 Å². The van der Waals surface area contributed by atoms with Crippen LogP contribution in [-0.4, -0.2) is 28.9 Å². The van der Waals surface area contributed by atoms with Crippen molar-refractivity contribution in [2.45, 2.75) is 24.9 Å². The average molecular weight is 304 g/mol. The second kappa shape index (κ2) is 4.91. The molecular weight excluding hydrogens is 297 g/mol. The molecule has 1 amide bonds. The third kappa shape index (κ3) is 2.83. The van der Waals surface area contributed by atoms with E-state index in [0.29, 0.717) is 0 Å². The molecule has 0 aliphatic heterocycles. The molecule has 0 radical (unpaired) electrons. The molecule has 0 aliphatic rings. The van der Waals surface area contributed by atoms with Crippen molar-refractivity contribution in [2.24, 2.45) is 0 Å². The first-order valence-corrected chi connectivity index (χ1v) is 4.97. The summed E-state index contributed by atoms with van der Waals surface area (Å²) >= 11 is 0. The summed E-state index contributed by atoms with van der Waals surface area (Å²) in [5.74, 6) is -15.8. The molecule has 1 heterocycles. The number of pyridine rings is 1. The molecule has 1 aromatic heterocycles. The summed E-state index contributed by atoms with van der Waals surface area (Å²) in [5.41, 5.74) is 0.244. The summed E-state index contributed by atoms with van der Waals surface area (Å²) in [4.78, 5) is 14.4. The van der Waals surface area contributed by atoms with Gasteiger partial charge in [-0.1, -0.05) is 6.07 Å². The molecule has 1 N–H and O–H groups in total. The Bertz CT molecular complexity index is 513. The molecule has 0 unspecified atom stereocenters. The van der Waals surface area contributed by atoms with Gasteiger partial charge in [0, 0.05) is 5.69 Å². The lowest BCUT2D eigenvalue weighted by molar-refractivity contribution is -0.343. The normalized spacial score (nSPS) is 13.2. The lowest BCUT2D eigenvalue weighted by atomic mass is 10.1. The molecule has 112 valence electrons. The third-order valence-electron chi connectivity index (χ3n) is 2.17. The van der Waals surface area contributed by atoms with E-state index in [1.807, 2.05) is 0 Å². The predicted octanol–water partition coefficient (Wildman–Crippen LogP) is 3.16. The Morgan fingerprint density at radius 3 is 2.10 bits per heavy atom. The van der Waals surface area contributed by atoms with Gasteiger partial charge in [-0.25, -0.2) is 4.98 Å². The van der Waals surface area contributed by atoms with Crippen LogP contribution in [0.1, 0.15) is 5.69 Å². The average Bonchev–Trinajstić information content (AvgIpc) is 2.27. The van der Waals surface area contributed by atoms with Crippen LogP contribution < -0.4 is 5.32 Å². The summed E-state index contributed by atoms with van der Waals surface area (Å²) < 4.78 is 86.7. The van der Waals surface area contributed by atoms with Crippen LogP contribution in [-0.2, 0) is 4.79 Å². The van der Waals surface area contributed by atoms with Crippen molar-refractivity contribution < 1.29 is 35.5 Å². The van der Waals surface area contributed by atoms with Crippen molar-refractivity contribution >= 4 is 11.7 Å². The van der Waals surface area contributed by atoms with Gasteiger partial charge in [0.15, 0.2) is 0 Å². The highest BCUT2D eigenvalue weighted by molar-refractivity contribution is 5.96. The molecule has 20 heavy (non-hydrogen) atoms. The molecule has 1 aromatic rings. The van der Waals surface area contributed by atoms with Gasteiger partial charge in [0.05, 0.1) is 0 Å². The highest BCUT2D eigenvalue weighted by Crippen LogP contribution is 2.46. The Kier molecular flexibility index (Phi) is 3.97. The maximum Gasteiger partial charge on any atom is 0.460 e. The Morgan fingerprint density at radius 2 is 1.65 bits per heavy atom. The van der Waals surface area contributed by atoms with E-state index in [1.54, 1.807) is 0 Å². The van der Waals surface area contributed by atoms with Crippen LogP contribution >= 0.6 is 0 Å². The van der Waals surface area contributed by atoms with Crippen molar-refractivity contribution in [3.63, 3.8) is 0 Å². The molecule has 0 atom stereocenters. The second-order valence-electron chi connectivity index (χ2n) is 3.76. The van der Waals surface area contributed by atoms with E-state index in [9.17, 15) is 35.5 Å². The molecule has 0 bridgehead atoms. The zero-order chi connectivity index (χ0) is 15.8. The minimum Gasteiger partial charge on any atom is -0.305 e. The molecular formula is C10H7F7N2O. The summed E-state index contributed by atoms with van der Waals surface area (Å²) in [6.07, 6.45) is -6.56. The monoisotopic (exact) mass is 304 g/mol. The van der Waals surface area contributed by atoms with Crippen molar-refractivity contribution in [3.05, 3.63) is 23.9 Å². The smallest absolute Gasteiger partial charge is 0.305 e. The van der Waals surface area contributed by atoms with Gasteiger partial charge < -0.3 is 5.32 Å². The molecule has 0 spiro atoms. The number of hydrogen-bond acceptors (Lipinski definition) is 2. The molecule has 10 heteroatoms. The molecule has 0 fully saturated rings. The van der Waals surface area contributed by atoms with Crippen LogP contribution in [0.2, 0.25) is 0 Å². The minimum absolute atomic E-state index is 0.244. The van der Waals surface area contributed by atoms with Gasteiger partial charge in [-0.15, -0.1) is 0 Å². The van der Waals surface area contributed by atoms with Crippen molar-refractivity contribution in [1.29, 1.82) is 0 Å². The lowest BCUT2D eigenvalue weighted by Gasteiger charge is -2.26. The predicted molar refractivity (Wildman–Crippen MR) is 53.6 cm³/mol. The molecule has 0 aliphatic carbocycles. The van der Waals surface area contributed by atoms with Crippen LogP contribution in [0.5, 0.6) is 0 Å². The first-order chi connectivity index (χ1) is 8.89. The number of nitrogens with zero attached hydrogens (tertiary/aromatic N) is 1.